The van der Waals surface area contributed by atoms with Crippen molar-refractivity contribution in [2.24, 2.45) is 0 Å². The molecule has 0 amide bonds. The Labute approximate surface area is 151 Å². The van der Waals surface area contributed by atoms with Gasteiger partial charge in [-0.25, -0.2) is 9.50 Å². The van der Waals surface area contributed by atoms with Gasteiger partial charge in [0.1, 0.15) is 11.2 Å². The monoisotopic (exact) mass is 347 g/mol. The molecule has 0 bridgehead atoms. The molecule has 0 atom stereocenters. The van der Waals surface area contributed by atoms with Crippen molar-refractivity contribution in [2.45, 2.75) is 32.7 Å². The second-order valence-corrected chi connectivity index (χ2v) is 7.08. The zero-order valence-electron chi connectivity index (χ0n) is 15.0. The number of nitrogens with one attached hydrogen (secondary N) is 1. The standard InChI is InChI=1S/C19H21N7/c1-12-7-17(23-26-10-13(2)22-19(12)26)16-8-14-11-25(24-18(14)9-21-16)15-3-5-20-6-4-15/h7-11,15,20H,3-6H2,1-2H3. The summed E-state index contributed by atoms with van der Waals surface area (Å²) in [6.07, 6.45) is 8.17. The number of imidazole rings is 1. The molecule has 132 valence electrons. The lowest BCUT2D eigenvalue weighted by Crippen LogP contribution is -2.29. The minimum Gasteiger partial charge on any atom is -0.317 e. The summed E-state index contributed by atoms with van der Waals surface area (Å²) < 4.78 is 3.95. The number of fused-ring (bicyclic) bond motifs is 2. The van der Waals surface area contributed by atoms with E-state index in [1.165, 1.54) is 0 Å². The van der Waals surface area contributed by atoms with Crippen LogP contribution in [0, 0.1) is 13.8 Å². The van der Waals surface area contributed by atoms with Crippen molar-refractivity contribution in [3.05, 3.63) is 42.0 Å². The molecule has 0 aliphatic carbocycles. The highest BCUT2D eigenvalue weighted by Gasteiger charge is 2.17. The molecule has 0 unspecified atom stereocenters. The molecule has 4 aromatic heterocycles. The molecule has 4 aromatic rings. The van der Waals surface area contributed by atoms with E-state index in [1.54, 1.807) is 0 Å². The van der Waals surface area contributed by atoms with Crippen molar-refractivity contribution in [1.82, 2.24) is 34.7 Å². The van der Waals surface area contributed by atoms with E-state index in [4.69, 9.17) is 5.10 Å². The summed E-state index contributed by atoms with van der Waals surface area (Å²) in [5, 5.41) is 13.9. The Morgan fingerprint density at radius 3 is 2.73 bits per heavy atom. The van der Waals surface area contributed by atoms with E-state index in [2.05, 4.69) is 44.3 Å². The summed E-state index contributed by atoms with van der Waals surface area (Å²) in [4.78, 5) is 9.12. The maximum absolute atomic E-state index is 4.73. The van der Waals surface area contributed by atoms with Gasteiger partial charge in [0.05, 0.1) is 29.8 Å². The molecule has 1 saturated heterocycles. The van der Waals surface area contributed by atoms with Crippen LogP contribution in [0.15, 0.2) is 30.7 Å². The number of nitrogens with zero attached hydrogens (tertiary/aromatic N) is 6. The lowest BCUT2D eigenvalue weighted by molar-refractivity contribution is 0.345. The van der Waals surface area contributed by atoms with Crippen LogP contribution in [0.2, 0.25) is 0 Å². The number of hydrogen-bond acceptors (Lipinski definition) is 5. The van der Waals surface area contributed by atoms with Gasteiger partial charge in [-0.3, -0.25) is 9.67 Å². The Morgan fingerprint density at radius 1 is 1.04 bits per heavy atom. The van der Waals surface area contributed by atoms with Crippen molar-refractivity contribution in [2.75, 3.05) is 13.1 Å². The second-order valence-electron chi connectivity index (χ2n) is 7.08. The van der Waals surface area contributed by atoms with Crippen LogP contribution in [0.25, 0.3) is 27.9 Å². The van der Waals surface area contributed by atoms with E-state index in [9.17, 15) is 0 Å². The summed E-state index contributed by atoms with van der Waals surface area (Å²) in [6.45, 7) is 6.14. The minimum absolute atomic E-state index is 0.470. The summed E-state index contributed by atoms with van der Waals surface area (Å²) in [6, 6.07) is 4.60. The third-order valence-corrected chi connectivity index (χ3v) is 5.08. The van der Waals surface area contributed by atoms with Gasteiger partial charge < -0.3 is 5.32 Å². The van der Waals surface area contributed by atoms with Gasteiger partial charge in [0.15, 0.2) is 5.65 Å². The summed E-state index contributed by atoms with van der Waals surface area (Å²) in [5.41, 5.74) is 5.59. The third-order valence-electron chi connectivity index (χ3n) is 5.08. The molecule has 1 aliphatic rings. The Morgan fingerprint density at radius 2 is 1.88 bits per heavy atom. The number of hydrogen-bond donors (Lipinski definition) is 1. The molecular weight excluding hydrogens is 326 g/mol. The van der Waals surface area contributed by atoms with Gasteiger partial charge in [-0.15, -0.1) is 0 Å². The lowest BCUT2D eigenvalue weighted by Gasteiger charge is -2.22. The highest BCUT2D eigenvalue weighted by molar-refractivity contribution is 5.81. The van der Waals surface area contributed by atoms with E-state index in [1.807, 2.05) is 29.9 Å². The molecule has 1 aliphatic heterocycles. The van der Waals surface area contributed by atoms with Crippen LogP contribution in [0.4, 0.5) is 0 Å². The molecule has 0 aromatic carbocycles. The zero-order valence-corrected chi connectivity index (χ0v) is 15.0. The van der Waals surface area contributed by atoms with Crippen LogP contribution in [0.1, 0.15) is 30.1 Å². The minimum atomic E-state index is 0.470. The molecule has 1 fully saturated rings. The van der Waals surface area contributed by atoms with Crippen LogP contribution in [0.3, 0.4) is 0 Å². The van der Waals surface area contributed by atoms with Crippen LogP contribution in [-0.4, -0.2) is 42.5 Å². The van der Waals surface area contributed by atoms with Crippen molar-refractivity contribution >= 4 is 16.6 Å². The van der Waals surface area contributed by atoms with Crippen LogP contribution in [0.5, 0.6) is 0 Å². The van der Waals surface area contributed by atoms with Gasteiger partial charge in [-0.2, -0.15) is 10.2 Å². The quantitative estimate of drug-likeness (QED) is 0.603. The van der Waals surface area contributed by atoms with Crippen molar-refractivity contribution in [3.63, 3.8) is 0 Å². The fourth-order valence-electron chi connectivity index (χ4n) is 3.71. The molecule has 0 spiro atoms. The van der Waals surface area contributed by atoms with Crippen molar-refractivity contribution in [3.8, 4) is 11.4 Å². The first kappa shape index (κ1) is 15.5. The first-order chi connectivity index (χ1) is 12.7. The van der Waals surface area contributed by atoms with Crippen molar-refractivity contribution in [1.29, 1.82) is 0 Å². The number of pyridine rings is 1. The van der Waals surface area contributed by atoms with Crippen molar-refractivity contribution < 1.29 is 0 Å². The molecule has 5 rings (SSSR count). The molecule has 7 heteroatoms. The number of piperidine rings is 1. The normalized spacial score (nSPS) is 15.9. The smallest absolute Gasteiger partial charge is 0.156 e. The molecule has 5 heterocycles. The molecular formula is C19H21N7. The number of aromatic nitrogens is 6. The summed E-state index contributed by atoms with van der Waals surface area (Å²) in [5.74, 6) is 0. The van der Waals surface area contributed by atoms with Gasteiger partial charge in [0.2, 0.25) is 0 Å². The highest BCUT2D eigenvalue weighted by atomic mass is 15.3. The average molecular weight is 347 g/mol. The van der Waals surface area contributed by atoms with Gasteiger partial charge in [0, 0.05) is 11.6 Å². The second kappa shape index (κ2) is 5.88. The highest BCUT2D eigenvalue weighted by Crippen LogP contribution is 2.25. The summed E-state index contributed by atoms with van der Waals surface area (Å²) >= 11 is 0. The molecule has 0 radical (unpaired) electrons. The maximum atomic E-state index is 4.73. The zero-order chi connectivity index (χ0) is 17.7. The fourth-order valence-corrected chi connectivity index (χ4v) is 3.71. The van der Waals surface area contributed by atoms with E-state index in [-0.39, 0.29) is 0 Å². The van der Waals surface area contributed by atoms with E-state index in [0.717, 1.165) is 65.1 Å². The van der Waals surface area contributed by atoms with Gasteiger partial charge in [0.25, 0.3) is 0 Å². The van der Waals surface area contributed by atoms with Gasteiger partial charge in [-0.05, 0) is 57.5 Å². The Hall–Kier alpha value is -2.80. The first-order valence-corrected chi connectivity index (χ1v) is 9.07. The summed E-state index contributed by atoms with van der Waals surface area (Å²) in [7, 11) is 0. The van der Waals surface area contributed by atoms with Gasteiger partial charge in [-0.1, -0.05) is 0 Å². The van der Waals surface area contributed by atoms with Crippen LogP contribution >= 0.6 is 0 Å². The van der Waals surface area contributed by atoms with E-state index < -0.39 is 0 Å². The SMILES string of the molecule is Cc1cn2nc(-c3cc4cn(C5CCNCC5)nc4cn3)cc(C)c2n1. The third kappa shape index (κ3) is 2.55. The predicted molar refractivity (Wildman–Crippen MR) is 100 cm³/mol. The van der Waals surface area contributed by atoms with Gasteiger partial charge >= 0.3 is 0 Å². The first-order valence-electron chi connectivity index (χ1n) is 9.07. The van der Waals surface area contributed by atoms with E-state index >= 15 is 0 Å². The Balaban J connectivity index is 1.56. The molecule has 26 heavy (non-hydrogen) atoms. The largest absolute Gasteiger partial charge is 0.317 e. The number of aryl methyl sites for hydroxylation is 2. The Kier molecular flexibility index (Phi) is 3.49. The number of rotatable bonds is 2. The average Bonchev–Trinajstić information content (AvgIpc) is 3.24. The fraction of sp³-hybridized carbons (Fsp3) is 0.368. The maximum Gasteiger partial charge on any atom is 0.156 e. The van der Waals surface area contributed by atoms with E-state index in [0.29, 0.717) is 6.04 Å². The predicted octanol–water partition coefficient (Wildman–Crippen LogP) is 2.68. The van der Waals surface area contributed by atoms with Crippen LogP contribution < -0.4 is 5.32 Å². The van der Waals surface area contributed by atoms with Crippen LogP contribution in [-0.2, 0) is 0 Å². The Bertz CT molecular complexity index is 1100. The lowest BCUT2D eigenvalue weighted by atomic mass is 10.1. The molecule has 1 N–H and O–H groups in total. The topological polar surface area (TPSA) is 72.9 Å². The molecule has 7 nitrogen and oxygen atoms in total. The molecule has 0 saturated carbocycles.